The van der Waals surface area contributed by atoms with E-state index in [9.17, 15) is 4.79 Å². The Bertz CT molecular complexity index is 220. The van der Waals surface area contributed by atoms with Crippen molar-refractivity contribution in [3.05, 3.63) is 6.42 Å². The summed E-state index contributed by atoms with van der Waals surface area (Å²) >= 11 is 0. The molecule has 1 saturated heterocycles. The van der Waals surface area contributed by atoms with Gasteiger partial charge in [0.15, 0.2) is 0 Å². The SMILES string of the molecule is CC(=O)C1(C)[CH-]C(C)(C)C(C)N1.[U].[W]. The summed E-state index contributed by atoms with van der Waals surface area (Å²) in [5.74, 6) is 0.194. The number of rotatable bonds is 1. The Hall–Kier alpha value is 1.37. The van der Waals surface area contributed by atoms with E-state index in [0.717, 1.165) is 0 Å². The molecule has 80 valence electrons. The van der Waals surface area contributed by atoms with Gasteiger partial charge in [0.2, 0.25) is 0 Å². The average molecular weight is 590 g/mol. The molecular formula is C10H18NOUW-. The van der Waals surface area contributed by atoms with E-state index < -0.39 is 5.54 Å². The van der Waals surface area contributed by atoms with Crippen LogP contribution in [0.4, 0.5) is 0 Å². The van der Waals surface area contributed by atoms with Gasteiger partial charge in [-0.1, -0.05) is 27.7 Å². The van der Waals surface area contributed by atoms with Crippen LogP contribution in [0.1, 0.15) is 34.6 Å². The van der Waals surface area contributed by atoms with Crippen molar-refractivity contribution in [1.29, 1.82) is 0 Å². The molecule has 1 aliphatic rings. The maximum atomic E-state index is 11.3. The second-order valence-corrected chi connectivity index (χ2v) is 4.59. The molecule has 1 fully saturated rings. The summed E-state index contributed by atoms with van der Waals surface area (Å²) in [4.78, 5) is 11.3. The molecule has 1 rings (SSSR count). The second-order valence-electron chi connectivity index (χ2n) is 4.59. The van der Waals surface area contributed by atoms with Crippen LogP contribution in [0.15, 0.2) is 0 Å². The van der Waals surface area contributed by atoms with Crippen molar-refractivity contribution in [2.75, 3.05) is 0 Å². The molecule has 0 aromatic carbocycles. The molecule has 0 bridgehead atoms. The summed E-state index contributed by atoms with van der Waals surface area (Å²) < 4.78 is 0. The molecular weight excluding hydrogens is 572 g/mol. The first kappa shape index (κ1) is 17.8. The fourth-order valence-corrected chi connectivity index (χ4v) is 1.75. The minimum atomic E-state index is -0.414. The van der Waals surface area contributed by atoms with Crippen molar-refractivity contribution in [3.8, 4) is 0 Å². The average Bonchev–Trinajstić information content (AvgIpc) is 2.03. The molecule has 2 atom stereocenters. The molecule has 2 nitrogen and oxygen atoms in total. The number of ketones is 1. The smallest absolute Gasteiger partial charge is 0.119 e. The van der Waals surface area contributed by atoms with E-state index in [-0.39, 0.29) is 63.4 Å². The van der Waals surface area contributed by atoms with Crippen LogP contribution in [0.2, 0.25) is 0 Å². The summed E-state index contributed by atoms with van der Waals surface area (Å²) in [7, 11) is 0. The Kier molecular flexibility index (Phi) is 7.13. The Morgan fingerprint density at radius 2 is 1.79 bits per heavy atom. The van der Waals surface area contributed by atoms with Crippen molar-refractivity contribution in [2.45, 2.75) is 46.2 Å². The molecule has 0 aromatic rings. The van der Waals surface area contributed by atoms with Crippen LogP contribution < -0.4 is 5.32 Å². The first-order valence-electron chi connectivity index (χ1n) is 4.44. The van der Waals surface area contributed by atoms with E-state index in [0.29, 0.717) is 6.04 Å². The topological polar surface area (TPSA) is 29.1 Å². The first-order chi connectivity index (χ1) is 5.28. The molecule has 1 heterocycles. The van der Waals surface area contributed by atoms with Gasteiger partial charge in [-0.25, -0.2) is 0 Å². The first-order valence-corrected chi connectivity index (χ1v) is 4.44. The predicted octanol–water partition coefficient (Wildman–Crippen LogP) is 1.55. The molecule has 4 heteroatoms. The molecule has 1 aliphatic heterocycles. The van der Waals surface area contributed by atoms with Gasteiger partial charge in [0.25, 0.3) is 0 Å². The minimum Gasteiger partial charge on any atom is -0.333 e. The van der Waals surface area contributed by atoms with Gasteiger partial charge >= 0.3 is 0 Å². The summed E-state index contributed by atoms with van der Waals surface area (Å²) in [6.07, 6.45) is 2.12. The summed E-state index contributed by atoms with van der Waals surface area (Å²) in [6, 6.07) is 0.367. The van der Waals surface area contributed by atoms with Crippen LogP contribution in [0.3, 0.4) is 0 Å². The van der Waals surface area contributed by atoms with Crippen molar-refractivity contribution < 1.29 is 57.0 Å². The standard InChI is InChI=1S/C10H18NO.U.W/c1-7-9(3,4)6-10(5,11-7)8(2)12;;/h6-7,11H,1-5H3;;/q-1;;. The molecule has 2 unspecified atom stereocenters. The Balaban J connectivity index is 0. The van der Waals surface area contributed by atoms with E-state index in [2.05, 4.69) is 32.5 Å². The van der Waals surface area contributed by atoms with Gasteiger partial charge in [-0.2, -0.15) is 0 Å². The van der Waals surface area contributed by atoms with Crippen LogP contribution in [-0.4, -0.2) is 17.4 Å². The molecule has 0 radical (unpaired) electrons. The number of nitrogens with one attached hydrogen (secondary N) is 1. The van der Waals surface area contributed by atoms with Gasteiger partial charge in [-0.3, -0.25) is 6.42 Å². The van der Waals surface area contributed by atoms with E-state index in [4.69, 9.17) is 0 Å². The Morgan fingerprint density at radius 3 is 1.93 bits per heavy atom. The number of carbonyl (C=O) groups excluding carboxylic acids is 1. The fraction of sp³-hybridized carbons (Fsp3) is 0.800. The van der Waals surface area contributed by atoms with Crippen LogP contribution in [-0.2, 0) is 25.9 Å². The normalized spacial score (nSPS) is 34.2. The molecule has 0 saturated carbocycles. The zero-order valence-electron chi connectivity index (χ0n) is 9.47. The quantitative estimate of drug-likeness (QED) is 0.471. The van der Waals surface area contributed by atoms with Gasteiger partial charge in [0.05, 0.1) is 0 Å². The van der Waals surface area contributed by atoms with Gasteiger partial charge in [-0.15, -0.1) is 5.41 Å². The van der Waals surface area contributed by atoms with Crippen molar-refractivity contribution in [1.82, 2.24) is 5.32 Å². The molecule has 0 amide bonds. The zero-order chi connectivity index (χ0) is 9.57. The van der Waals surface area contributed by atoms with Gasteiger partial charge in [-0.05, 0) is 18.5 Å². The summed E-state index contributed by atoms with van der Waals surface area (Å²) in [5.41, 5.74) is -0.302. The van der Waals surface area contributed by atoms with Gasteiger partial charge in [0.1, 0.15) is 5.78 Å². The third kappa shape index (κ3) is 3.44. The van der Waals surface area contributed by atoms with Crippen LogP contribution >= 0.6 is 0 Å². The predicted molar refractivity (Wildman–Crippen MR) is 49.8 cm³/mol. The molecule has 0 aromatic heterocycles. The van der Waals surface area contributed by atoms with Crippen molar-refractivity contribution >= 4 is 5.78 Å². The third-order valence-electron chi connectivity index (χ3n) is 3.02. The Labute approximate surface area is 125 Å². The molecule has 14 heavy (non-hydrogen) atoms. The van der Waals surface area contributed by atoms with Gasteiger partial charge in [0, 0.05) is 52.2 Å². The van der Waals surface area contributed by atoms with Crippen LogP contribution in [0.25, 0.3) is 0 Å². The summed E-state index contributed by atoms with van der Waals surface area (Å²) in [6.45, 7) is 10.0. The number of hydrogen-bond acceptors (Lipinski definition) is 2. The minimum absolute atomic E-state index is 0. The fourth-order valence-electron chi connectivity index (χ4n) is 1.75. The largest absolute Gasteiger partial charge is 0.333 e. The van der Waals surface area contributed by atoms with E-state index in [1.165, 1.54) is 0 Å². The molecule has 1 N–H and O–H groups in total. The Morgan fingerprint density at radius 1 is 1.36 bits per heavy atom. The third-order valence-corrected chi connectivity index (χ3v) is 3.02. The zero-order valence-corrected chi connectivity index (χ0v) is 16.6. The maximum Gasteiger partial charge on any atom is 0.119 e. The van der Waals surface area contributed by atoms with Crippen molar-refractivity contribution in [3.63, 3.8) is 0 Å². The van der Waals surface area contributed by atoms with Crippen LogP contribution in [0.5, 0.6) is 0 Å². The number of Topliss-reactive ketones (excluding diaryl/α,β-unsaturated/α-hetero) is 1. The monoisotopic (exact) mass is 590 g/mol. The van der Waals surface area contributed by atoms with Crippen molar-refractivity contribution in [2.24, 2.45) is 5.41 Å². The maximum absolute atomic E-state index is 11.3. The van der Waals surface area contributed by atoms with E-state index in [1.54, 1.807) is 6.92 Å². The van der Waals surface area contributed by atoms with Crippen LogP contribution in [0, 0.1) is 42.9 Å². The second kappa shape index (κ2) is 5.63. The van der Waals surface area contributed by atoms with Gasteiger partial charge < -0.3 is 10.1 Å². The van der Waals surface area contributed by atoms with E-state index in [1.807, 2.05) is 6.92 Å². The summed E-state index contributed by atoms with van der Waals surface area (Å²) in [5, 5.41) is 3.31. The number of carbonyl (C=O) groups is 1. The van der Waals surface area contributed by atoms with E-state index >= 15 is 0 Å². The number of hydrogen-bond donors (Lipinski definition) is 1. The molecule has 0 aliphatic carbocycles. The molecule has 0 spiro atoms.